The van der Waals surface area contributed by atoms with E-state index in [2.05, 4.69) is 21.9 Å². The highest BCUT2D eigenvalue weighted by atomic mass is 79.9. The maximum Gasteiger partial charge on any atom is 0.373 e. The van der Waals surface area contributed by atoms with Crippen LogP contribution in [0.3, 0.4) is 0 Å². The Kier molecular flexibility index (Phi) is 8.73. The minimum absolute atomic E-state index is 0. The molecule has 42 heavy (non-hydrogen) atoms. The number of carbonyl (C=O) groups is 1. The van der Waals surface area contributed by atoms with Crippen molar-refractivity contribution >= 4 is 57.7 Å². The Hall–Kier alpha value is -4.04. The van der Waals surface area contributed by atoms with Crippen molar-refractivity contribution in [1.82, 2.24) is 0 Å². The molecule has 0 fully saturated rings. The topological polar surface area (TPSA) is 60.8 Å². The number of aromatic carboxylic acids is 1. The van der Waals surface area contributed by atoms with Crippen LogP contribution in [0.15, 0.2) is 113 Å². The number of oxazole rings is 1. The third-order valence-electron chi connectivity index (χ3n) is 7.13. The Balaban J connectivity index is 0.00000353. The Morgan fingerprint density at radius 2 is 1.43 bits per heavy atom. The van der Waals surface area contributed by atoms with Crippen LogP contribution in [0.5, 0.6) is 0 Å². The Morgan fingerprint density at radius 1 is 0.857 bits per heavy atom. The number of aryl methyl sites for hydroxylation is 1. The normalized spacial score (nSPS) is 13.6. The molecule has 0 spiro atoms. The van der Waals surface area contributed by atoms with Gasteiger partial charge in [0.1, 0.15) is 12.9 Å². The van der Waals surface area contributed by atoms with Gasteiger partial charge in [-0.2, -0.15) is 4.57 Å². The van der Waals surface area contributed by atoms with Gasteiger partial charge in [0.25, 0.3) is 5.52 Å². The van der Waals surface area contributed by atoms with Crippen LogP contribution in [0.4, 0.5) is 11.4 Å². The molecule has 0 bridgehead atoms. The van der Waals surface area contributed by atoms with E-state index in [1.165, 1.54) is 0 Å². The van der Waals surface area contributed by atoms with Crippen LogP contribution in [-0.2, 0) is 20.1 Å². The first-order valence-corrected chi connectivity index (χ1v) is 13.8. The van der Waals surface area contributed by atoms with E-state index in [9.17, 15) is 9.90 Å². The van der Waals surface area contributed by atoms with E-state index in [0.717, 1.165) is 45.3 Å². The second-order valence-electron chi connectivity index (χ2n) is 9.77. The number of hydrogen-bond acceptors (Lipinski definition) is 4. The maximum absolute atomic E-state index is 11.4. The number of carboxylic acid groups (broad SMARTS) is 1. The van der Waals surface area contributed by atoms with E-state index in [-0.39, 0.29) is 22.5 Å². The molecule has 0 aliphatic carbocycles. The van der Waals surface area contributed by atoms with E-state index in [1.54, 1.807) is 12.1 Å². The summed E-state index contributed by atoms with van der Waals surface area (Å²) in [6, 6.07) is 28.8. The van der Waals surface area contributed by atoms with Crippen LogP contribution < -0.4 is 31.3 Å². The molecule has 4 aromatic carbocycles. The van der Waals surface area contributed by atoms with Crippen molar-refractivity contribution in [3.05, 3.63) is 142 Å². The van der Waals surface area contributed by atoms with Gasteiger partial charge in [-0.3, -0.25) is 0 Å². The predicted octanol–water partition coefficient (Wildman–Crippen LogP) is 4.85. The highest BCUT2D eigenvalue weighted by Crippen LogP contribution is 2.47. The minimum Gasteiger partial charge on any atom is -1.00 e. The average molecular weight is 663 g/mol. The number of para-hydroxylation sites is 2. The molecule has 0 amide bonds. The number of allylic oxidation sites excluding steroid dienone is 2. The fourth-order valence-electron chi connectivity index (χ4n) is 5.05. The molecule has 6 rings (SSSR count). The monoisotopic (exact) mass is 661 g/mol. The number of carboxylic acids is 1. The summed E-state index contributed by atoms with van der Waals surface area (Å²) in [6.07, 6.45) is 5.96. The molecule has 0 saturated heterocycles. The predicted molar refractivity (Wildman–Crippen MR) is 163 cm³/mol. The first kappa shape index (κ1) is 29.5. The zero-order valence-electron chi connectivity index (χ0n) is 22.5. The van der Waals surface area contributed by atoms with Gasteiger partial charge in [0.05, 0.1) is 33.1 Å². The van der Waals surface area contributed by atoms with Gasteiger partial charge in [0.2, 0.25) is 5.58 Å². The summed E-state index contributed by atoms with van der Waals surface area (Å²) in [5.74, 6) is 0.678. The van der Waals surface area contributed by atoms with Crippen LogP contribution in [-0.4, -0.2) is 11.1 Å². The number of halogens is 3. The van der Waals surface area contributed by atoms with E-state index in [4.69, 9.17) is 27.6 Å². The largest absolute Gasteiger partial charge is 1.00 e. The molecule has 0 atom stereocenters. The number of fused-ring (bicyclic) bond motifs is 2. The molecule has 1 aromatic heterocycles. The highest BCUT2D eigenvalue weighted by Gasteiger charge is 2.32. The van der Waals surface area contributed by atoms with Crippen LogP contribution >= 0.6 is 23.2 Å². The van der Waals surface area contributed by atoms with Crippen LogP contribution in [0.2, 0.25) is 10.0 Å². The number of aromatic nitrogens is 1. The maximum atomic E-state index is 11.4. The van der Waals surface area contributed by atoms with E-state index in [0.29, 0.717) is 23.1 Å². The van der Waals surface area contributed by atoms with Crippen molar-refractivity contribution in [2.75, 3.05) is 9.80 Å². The second-order valence-corrected chi connectivity index (χ2v) is 10.6. The SMILES string of the molecule is C[n+]1c(C=CC=C2N(Cc3ccccc3)c3cc(Cl)c(Cl)cc3N2Cc2ccc(C(=O)O)cc2)oc2ccccc21.[Br-]. The van der Waals surface area contributed by atoms with Crippen LogP contribution in [0.1, 0.15) is 27.4 Å². The van der Waals surface area contributed by atoms with Crippen molar-refractivity contribution in [2.45, 2.75) is 13.1 Å². The lowest BCUT2D eigenvalue weighted by Gasteiger charge is -2.25. The molecule has 0 unspecified atom stereocenters. The molecule has 0 radical (unpaired) electrons. The Labute approximate surface area is 264 Å². The van der Waals surface area contributed by atoms with Gasteiger partial charge in [-0.25, -0.2) is 4.79 Å². The fraction of sp³-hybridized carbons (Fsp3) is 0.0909. The third kappa shape index (κ3) is 5.81. The molecule has 212 valence electrons. The highest BCUT2D eigenvalue weighted by molar-refractivity contribution is 6.42. The van der Waals surface area contributed by atoms with Crippen LogP contribution in [0.25, 0.3) is 17.2 Å². The quantitative estimate of drug-likeness (QED) is 0.253. The molecule has 6 nitrogen and oxygen atoms in total. The van der Waals surface area contributed by atoms with E-state index < -0.39 is 5.97 Å². The first-order valence-electron chi connectivity index (χ1n) is 13.1. The molecular weight excluding hydrogens is 637 g/mol. The lowest BCUT2D eigenvalue weighted by molar-refractivity contribution is -0.652. The lowest BCUT2D eigenvalue weighted by Crippen LogP contribution is -3.00. The molecular formula is C33H26BrCl2N3O3. The zero-order valence-corrected chi connectivity index (χ0v) is 25.6. The number of benzene rings is 4. The smallest absolute Gasteiger partial charge is 0.373 e. The van der Waals surface area contributed by atoms with E-state index in [1.807, 2.05) is 96.6 Å². The van der Waals surface area contributed by atoms with Gasteiger partial charge in [0.15, 0.2) is 0 Å². The van der Waals surface area contributed by atoms with Crippen molar-refractivity contribution in [3.8, 4) is 0 Å². The average Bonchev–Trinajstić information content (AvgIpc) is 3.43. The van der Waals surface area contributed by atoms with Gasteiger partial charge < -0.3 is 36.3 Å². The fourth-order valence-corrected chi connectivity index (χ4v) is 5.36. The summed E-state index contributed by atoms with van der Waals surface area (Å²) in [7, 11) is 1.98. The minimum atomic E-state index is -0.956. The number of nitrogens with zero attached hydrogens (tertiary/aromatic N) is 3. The standard InChI is InChI=1S/C33H25Cl2N3O3.BrH/c1-36-27-10-5-6-11-30(27)41-32(36)13-7-12-31-37(20-22-8-3-2-4-9-22)28-18-25(34)26(35)19-29(28)38(31)21-23-14-16-24(17-15-23)33(39)40;/h2-19H,20-21H2,1H3;1H. The summed E-state index contributed by atoms with van der Waals surface area (Å²) < 4.78 is 8.08. The summed E-state index contributed by atoms with van der Waals surface area (Å²) in [4.78, 5) is 15.8. The third-order valence-corrected chi connectivity index (χ3v) is 7.86. The Morgan fingerprint density at radius 3 is 2.02 bits per heavy atom. The first-order chi connectivity index (χ1) is 19.9. The number of hydrogen-bond donors (Lipinski definition) is 1. The number of anilines is 2. The van der Waals surface area contributed by atoms with Crippen LogP contribution in [0, 0.1) is 0 Å². The van der Waals surface area contributed by atoms with Crippen molar-refractivity contribution < 1.29 is 35.9 Å². The molecule has 2 heterocycles. The number of rotatable bonds is 7. The molecule has 1 aliphatic rings. The molecule has 5 aromatic rings. The van der Waals surface area contributed by atoms with Gasteiger partial charge in [-0.1, -0.05) is 77.8 Å². The zero-order chi connectivity index (χ0) is 28.5. The second kappa shape index (κ2) is 12.4. The molecule has 0 saturated carbocycles. The van der Waals surface area contributed by atoms with Crippen molar-refractivity contribution in [3.63, 3.8) is 0 Å². The summed E-state index contributed by atoms with van der Waals surface area (Å²) >= 11 is 13.0. The lowest BCUT2D eigenvalue weighted by atomic mass is 10.1. The summed E-state index contributed by atoms with van der Waals surface area (Å²) in [5, 5.41) is 10.3. The summed E-state index contributed by atoms with van der Waals surface area (Å²) in [5.41, 5.74) is 5.99. The van der Waals surface area contributed by atoms with Gasteiger partial charge in [-0.15, -0.1) is 0 Å². The molecule has 1 N–H and O–H groups in total. The van der Waals surface area contributed by atoms with Crippen molar-refractivity contribution in [1.29, 1.82) is 0 Å². The molecule has 9 heteroatoms. The molecule has 1 aliphatic heterocycles. The van der Waals surface area contributed by atoms with Gasteiger partial charge >= 0.3 is 11.9 Å². The summed E-state index contributed by atoms with van der Waals surface area (Å²) in [6.45, 7) is 1.10. The van der Waals surface area contributed by atoms with Gasteiger partial charge in [-0.05, 0) is 53.6 Å². The Bertz CT molecular complexity index is 1820. The van der Waals surface area contributed by atoms with Gasteiger partial charge in [0, 0.05) is 19.2 Å². The van der Waals surface area contributed by atoms with Crippen molar-refractivity contribution in [2.24, 2.45) is 7.05 Å². The van der Waals surface area contributed by atoms with E-state index >= 15 is 0 Å².